The summed E-state index contributed by atoms with van der Waals surface area (Å²) in [4.78, 5) is 38.2. The number of fused-ring (bicyclic) bond motifs is 4. The molecular weight excluding hydrogens is 673 g/mol. The highest BCUT2D eigenvalue weighted by molar-refractivity contribution is 7.63. The average molecular weight is 717 g/mol. The highest BCUT2D eigenvalue weighted by atomic mass is 31.2. The Hall–Kier alpha value is -4.03. The van der Waals surface area contributed by atoms with E-state index in [1.54, 1.807) is 36.7 Å². The summed E-state index contributed by atoms with van der Waals surface area (Å²) in [6.45, 7) is 0.463. The fraction of sp³-hybridized carbons (Fsp3) is 0.543. The van der Waals surface area contributed by atoms with E-state index in [1.807, 2.05) is 0 Å². The molecule has 4 heterocycles. The number of aliphatic hydroxyl groups excluding tert-OH is 1. The van der Waals surface area contributed by atoms with Crippen molar-refractivity contribution in [3.05, 3.63) is 35.4 Å². The van der Waals surface area contributed by atoms with E-state index in [4.69, 9.17) is 18.9 Å². The van der Waals surface area contributed by atoms with Gasteiger partial charge < -0.3 is 38.4 Å². The molecule has 270 valence electrons. The number of amides is 2. The Balaban J connectivity index is 1.04. The van der Waals surface area contributed by atoms with Crippen LogP contribution in [0, 0.1) is 0 Å². The molecule has 4 aliphatic rings. The Morgan fingerprint density at radius 1 is 0.740 bits per heavy atom. The minimum absolute atomic E-state index is 0.0283. The lowest BCUT2D eigenvalue weighted by Gasteiger charge is -2.21. The van der Waals surface area contributed by atoms with Crippen LogP contribution in [-0.4, -0.2) is 129 Å². The van der Waals surface area contributed by atoms with Gasteiger partial charge in [-0.05, 0) is 31.4 Å². The molecule has 6 rings (SSSR count). The van der Waals surface area contributed by atoms with E-state index in [1.165, 1.54) is 24.0 Å². The van der Waals surface area contributed by atoms with Crippen LogP contribution in [0.1, 0.15) is 52.8 Å². The summed E-state index contributed by atoms with van der Waals surface area (Å²) in [5.41, 5.74) is 1.48. The molecule has 2 fully saturated rings. The van der Waals surface area contributed by atoms with Crippen molar-refractivity contribution in [2.24, 2.45) is 9.98 Å². The van der Waals surface area contributed by atoms with Crippen LogP contribution in [0.25, 0.3) is 0 Å². The van der Waals surface area contributed by atoms with E-state index in [-0.39, 0.29) is 57.6 Å². The molecule has 0 aliphatic carbocycles. The van der Waals surface area contributed by atoms with Crippen LogP contribution in [0.5, 0.6) is 23.0 Å². The first-order valence-electron chi connectivity index (χ1n) is 17.0. The third-order valence-corrected chi connectivity index (χ3v) is 13.0. The summed E-state index contributed by atoms with van der Waals surface area (Å²) in [7, 11) is 0.237. The summed E-state index contributed by atoms with van der Waals surface area (Å²) in [6.07, 6.45) is 4.02. The van der Waals surface area contributed by atoms with Crippen LogP contribution in [0.3, 0.4) is 0 Å². The Kier molecular flexibility index (Phi) is 11.1. The third kappa shape index (κ3) is 7.66. The summed E-state index contributed by atoms with van der Waals surface area (Å²) in [5, 5.41) is 9.47. The highest BCUT2D eigenvalue weighted by Gasteiger charge is 2.39. The lowest BCUT2D eigenvalue weighted by molar-refractivity contribution is 0.0758. The second kappa shape index (κ2) is 15.5. The Bertz CT molecular complexity index is 1590. The topological polar surface area (TPSA) is 140 Å². The van der Waals surface area contributed by atoms with Crippen LogP contribution in [0.4, 0.5) is 20.2 Å². The van der Waals surface area contributed by atoms with Gasteiger partial charge in [-0.25, -0.2) is 8.78 Å². The van der Waals surface area contributed by atoms with E-state index in [0.717, 1.165) is 0 Å². The lowest BCUT2D eigenvalue weighted by Crippen LogP contribution is -2.35. The Morgan fingerprint density at radius 2 is 1.18 bits per heavy atom. The maximum Gasteiger partial charge on any atom is 0.256 e. The van der Waals surface area contributed by atoms with Crippen LogP contribution < -0.4 is 18.9 Å². The molecule has 4 unspecified atom stereocenters. The molecule has 4 atom stereocenters. The first-order valence-corrected chi connectivity index (χ1v) is 19.3. The number of hydrogen-bond donors (Lipinski definition) is 1. The number of aliphatic hydroxyl groups is 1. The van der Waals surface area contributed by atoms with Crippen molar-refractivity contribution < 1.29 is 47.0 Å². The second-order valence-corrected chi connectivity index (χ2v) is 16.5. The predicted molar refractivity (Wildman–Crippen MR) is 185 cm³/mol. The van der Waals surface area contributed by atoms with E-state index in [2.05, 4.69) is 9.98 Å². The first-order chi connectivity index (χ1) is 24.1. The standard InChI is InChI=1S/C35H43F2N4O8P/c1-46-30-14-26-28(38-18-24-12-22(36)20-40(24)34(26)43)16-32(30)48-7-4-10-50(45,9-3-6-42)11-5-8-49-33-17-29-27(15-31(33)47-2)35(44)41-21-23(37)13-25(41)19-39-29/h14-19,22-25,42H,3-13,20-21H2,1-2H3. The minimum atomic E-state index is -2.70. The number of carbonyl (C=O) groups is 2. The van der Waals surface area contributed by atoms with Gasteiger partial charge in [-0.2, -0.15) is 0 Å². The molecule has 2 aromatic rings. The molecular formula is C35H43F2N4O8P. The van der Waals surface area contributed by atoms with Gasteiger partial charge in [-0.3, -0.25) is 19.6 Å². The fourth-order valence-corrected chi connectivity index (χ4v) is 9.78. The van der Waals surface area contributed by atoms with Crippen LogP contribution >= 0.6 is 7.14 Å². The molecule has 0 radical (unpaired) electrons. The number of alkyl halides is 2. The number of methoxy groups -OCH3 is 2. The molecule has 12 nitrogen and oxygen atoms in total. The molecule has 0 spiro atoms. The smallest absolute Gasteiger partial charge is 0.256 e. The van der Waals surface area contributed by atoms with Crippen molar-refractivity contribution in [1.82, 2.24) is 9.80 Å². The molecule has 2 saturated heterocycles. The summed E-state index contributed by atoms with van der Waals surface area (Å²) in [5.74, 6) is 0.881. The summed E-state index contributed by atoms with van der Waals surface area (Å²) in [6, 6.07) is 5.62. The summed E-state index contributed by atoms with van der Waals surface area (Å²) < 4.78 is 65.0. The Morgan fingerprint density at radius 3 is 1.60 bits per heavy atom. The molecule has 15 heteroatoms. The van der Waals surface area contributed by atoms with Gasteiger partial charge in [0.15, 0.2) is 23.0 Å². The van der Waals surface area contributed by atoms with Gasteiger partial charge in [0.05, 0.1) is 82.3 Å². The normalized spacial score (nSPS) is 23.4. The van der Waals surface area contributed by atoms with Gasteiger partial charge in [-0.15, -0.1) is 0 Å². The molecule has 0 aromatic heterocycles. The van der Waals surface area contributed by atoms with Gasteiger partial charge in [0.25, 0.3) is 11.8 Å². The molecule has 2 aromatic carbocycles. The van der Waals surface area contributed by atoms with Gasteiger partial charge >= 0.3 is 0 Å². The monoisotopic (exact) mass is 716 g/mol. The zero-order valence-electron chi connectivity index (χ0n) is 28.3. The number of carbonyl (C=O) groups excluding carboxylic acids is 2. The first kappa shape index (κ1) is 35.8. The number of benzene rings is 2. The largest absolute Gasteiger partial charge is 0.493 e. The van der Waals surface area contributed by atoms with Crippen molar-refractivity contribution in [2.45, 2.75) is 56.5 Å². The SMILES string of the molecule is COc1cc2c(cc1OCCCP(=O)(CCCO)CCCOc1cc3c(cc1OC)C(=O)N1CC(F)CC1C=N3)N=CC1CC(F)CN1C2=O. The van der Waals surface area contributed by atoms with Gasteiger partial charge in [0, 0.05) is 62.5 Å². The van der Waals surface area contributed by atoms with E-state index >= 15 is 0 Å². The van der Waals surface area contributed by atoms with Gasteiger partial charge in [-0.1, -0.05) is 0 Å². The van der Waals surface area contributed by atoms with Crippen LogP contribution in [0.2, 0.25) is 0 Å². The van der Waals surface area contributed by atoms with Crippen molar-refractivity contribution >= 4 is 42.8 Å². The molecule has 50 heavy (non-hydrogen) atoms. The number of ether oxygens (including phenoxy) is 4. The predicted octanol–water partition coefficient (Wildman–Crippen LogP) is 5.22. The van der Waals surface area contributed by atoms with E-state index in [0.29, 0.717) is 83.2 Å². The minimum Gasteiger partial charge on any atom is -0.493 e. The highest BCUT2D eigenvalue weighted by Crippen LogP contribution is 2.48. The molecule has 4 aliphatic heterocycles. The molecule has 0 bridgehead atoms. The lowest BCUT2D eigenvalue weighted by atomic mass is 10.1. The third-order valence-electron chi connectivity index (χ3n) is 9.56. The zero-order chi connectivity index (χ0) is 35.4. The number of aliphatic imine (C=N–C) groups is 2. The number of hydrogen-bond acceptors (Lipinski definition) is 10. The van der Waals surface area contributed by atoms with E-state index < -0.39 is 31.6 Å². The average Bonchev–Trinajstić information content (AvgIpc) is 3.62. The van der Waals surface area contributed by atoms with Crippen molar-refractivity contribution in [2.75, 3.05) is 65.6 Å². The van der Waals surface area contributed by atoms with Crippen molar-refractivity contribution in [1.29, 1.82) is 0 Å². The molecule has 2 amide bonds. The Labute approximate surface area is 289 Å². The second-order valence-electron chi connectivity index (χ2n) is 13.0. The zero-order valence-corrected chi connectivity index (χ0v) is 29.2. The van der Waals surface area contributed by atoms with Gasteiger partial charge in [0.2, 0.25) is 0 Å². The number of rotatable bonds is 15. The van der Waals surface area contributed by atoms with E-state index in [9.17, 15) is 28.0 Å². The fourth-order valence-electron chi connectivity index (χ4n) is 6.98. The van der Waals surface area contributed by atoms with Crippen LogP contribution in [-0.2, 0) is 4.57 Å². The van der Waals surface area contributed by atoms with Gasteiger partial charge in [0.1, 0.15) is 12.3 Å². The van der Waals surface area contributed by atoms with Crippen LogP contribution in [0.15, 0.2) is 34.3 Å². The maximum absolute atomic E-state index is 14.0. The van der Waals surface area contributed by atoms with Crippen molar-refractivity contribution in [3.63, 3.8) is 0 Å². The van der Waals surface area contributed by atoms with Crippen molar-refractivity contribution in [3.8, 4) is 23.0 Å². The number of nitrogens with zero attached hydrogens (tertiary/aromatic N) is 4. The number of halogens is 2. The molecule has 1 N–H and O–H groups in total. The molecule has 0 saturated carbocycles. The maximum atomic E-state index is 14.0. The summed E-state index contributed by atoms with van der Waals surface area (Å²) >= 11 is 0. The quantitative estimate of drug-likeness (QED) is 0.196.